The number of benzene rings is 1. The van der Waals surface area contributed by atoms with Gasteiger partial charge < -0.3 is 10.2 Å². The normalized spacial score (nSPS) is 19.6. The molecule has 1 atom stereocenters. The quantitative estimate of drug-likeness (QED) is 0.892. The van der Waals surface area contributed by atoms with Gasteiger partial charge in [-0.15, -0.1) is 0 Å². The first kappa shape index (κ1) is 13.4. The van der Waals surface area contributed by atoms with Crippen LogP contribution in [0.1, 0.15) is 28.8 Å². The summed E-state index contributed by atoms with van der Waals surface area (Å²) in [5, 5.41) is 3.86. The maximum absolute atomic E-state index is 12.4. The van der Waals surface area contributed by atoms with Gasteiger partial charge >= 0.3 is 0 Å². The number of aryl methyl sites for hydroxylation is 1. The van der Waals surface area contributed by atoms with Crippen LogP contribution in [-0.2, 0) is 0 Å². The molecule has 0 spiro atoms. The largest absolute Gasteiger partial charge is 0.337 e. The number of hydrogen-bond donors (Lipinski definition) is 1. The Morgan fingerprint density at radius 2 is 2.28 bits per heavy atom. The molecule has 1 aliphatic heterocycles. The minimum absolute atomic E-state index is 0.00806. The molecule has 1 aromatic carbocycles. The first-order valence-corrected chi connectivity index (χ1v) is 6.71. The van der Waals surface area contributed by atoms with Crippen LogP contribution in [0.15, 0.2) is 18.2 Å². The van der Waals surface area contributed by atoms with Crippen LogP contribution in [0.3, 0.4) is 0 Å². The monoisotopic (exact) mass is 266 g/mol. The number of likely N-dealkylation sites (N-methyl/N-ethyl adjacent to an activating group) is 1. The van der Waals surface area contributed by atoms with Gasteiger partial charge in [-0.05, 0) is 44.0 Å². The zero-order chi connectivity index (χ0) is 13.1. The Morgan fingerprint density at radius 1 is 1.50 bits per heavy atom. The van der Waals surface area contributed by atoms with E-state index in [9.17, 15) is 4.79 Å². The highest BCUT2D eigenvalue weighted by Gasteiger charge is 2.23. The van der Waals surface area contributed by atoms with Gasteiger partial charge in [0.1, 0.15) is 0 Å². The molecule has 3 nitrogen and oxygen atoms in total. The Kier molecular flexibility index (Phi) is 4.25. The Bertz CT molecular complexity index is 441. The number of rotatable bonds is 2. The summed E-state index contributed by atoms with van der Waals surface area (Å²) in [7, 11) is 1.86. The van der Waals surface area contributed by atoms with Crippen LogP contribution in [0, 0.1) is 6.92 Å². The third kappa shape index (κ3) is 2.85. The van der Waals surface area contributed by atoms with Crippen LogP contribution < -0.4 is 5.32 Å². The Hall–Kier alpha value is -1.06. The molecule has 1 aliphatic rings. The van der Waals surface area contributed by atoms with Gasteiger partial charge in [-0.25, -0.2) is 0 Å². The zero-order valence-corrected chi connectivity index (χ0v) is 11.6. The van der Waals surface area contributed by atoms with Crippen molar-refractivity contribution < 1.29 is 4.79 Å². The molecule has 0 aliphatic carbocycles. The lowest BCUT2D eigenvalue weighted by atomic mass is 10.0. The number of carbonyl (C=O) groups is 1. The number of nitrogens with zero attached hydrogens (tertiary/aromatic N) is 1. The molecule has 0 saturated carbocycles. The van der Waals surface area contributed by atoms with Crippen LogP contribution >= 0.6 is 11.6 Å². The Balaban J connectivity index is 2.14. The van der Waals surface area contributed by atoms with E-state index >= 15 is 0 Å². The summed E-state index contributed by atoms with van der Waals surface area (Å²) in [5.74, 6) is 0.00806. The van der Waals surface area contributed by atoms with E-state index in [0.717, 1.165) is 31.5 Å². The molecule has 0 radical (unpaired) electrons. The summed E-state index contributed by atoms with van der Waals surface area (Å²) in [6.45, 7) is 3.88. The second kappa shape index (κ2) is 5.72. The lowest BCUT2D eigenvalue weighted by molar-refractivity contribution is 0.0708. The van der Waals surface area contributed by atoms with Crippen molar-refractivity contribution in [2.45, 2.75) is 25.8 Å². The molecule has 0 bridgehead atoms. The number of nitrogens with one attached hydrogen (secondary N) is 1. The second-order valence-electron chi connectivity index (χ2n) is 4.90. The van der Waals surface area contributed by atoms with Crippen molar-refractivity contribution in [1.82, 2.24) is 10.2 Å². The van der Waals surface area contributed by atoms with E-state index in [4.69, 9.17) is 11.6 Å². The lowest BCUT2D eigenvalue weighted by Gasteiger charge is -2.32. The average molecular weight is 267 g/mol. The number of piperidine rings is 1. The van der Waals surface area contributed by atoms with Crippen LogP contribution in [-0.4, -0.2) is 37.0 Å². The third-order valence-electron chi connectivity index (χ3n) is 3.49. The fourth-order valence-corrected chi connectivity index (χ4v) is 2.63. The van der Waals surface area contributed by atoms with Gasteiger partial charge in [0, 0.05) is 19.6 Å². The molecular weight excluding hydrogens is 248 g/mol. The minimum atomic E-state index is 0.00806. The third-order valence-corrected chi connectivity index (χ3v) is 3.81. The molecule has 1 saturated heterocycles. The van der Waals surface area contributed by atoms with Gasteiger partial charge in [-0.3, -0.25) is 4.79 Å². The van der Waals surface area contributed by atoms with Crippen molar-refractivity contribution in [3.8, 4) is 0 Å². The first-order valence-electron chi connectivity index (χ1n) is 6.33. The molecule has 1 unspecified atom stereocenters. The van der Waals surface area contributed by atoms with Gasteiger partial charge in [0.2, 0.25) is 0 Å². The number of halogens is 1. The van der Waals surface area contributed by atoms with Crippen LogP contribution in [0.25, 0.3) is 0 Å². The smallest absolute Gasteiger partial charge is 0.255 e. The van der Waals surface area contributed by atoms with E-state index in [0.29, 0.717) is 10.6 Å². The van der Waals surface area contributed by atoms with Gasteiger partial charge in [0.15, 0.2) is 0 Å². The summed E-state index contributed by atoms with van der Waals surface area (Å²) in [5.41, 5.74) is 1.66. The molecule has 1 fully saturated rings. The van der Waals surface area contributed by atoms with E-state index in [1.165, 1.54) is 0 Å². The zero-order valence-electron chi connectivity index (χ0n) is 10.9. The molecule has 4 heteroatoms. The highest BCUT2D eigenvalue weighted by Crippen LogP contribution is 2.21. The highest BCUT2D eigenvalue weighted by molar-refractivity contribution is 6.33. The summed E-state index contributed by atoms with van der Waals surface area (Å²) in [6, 6.07) is 5.84. The molecule has 1 amide bonds. The molecule has 0 aromatic heterocycles. The fraction of sp³-hybridized carbons (Fsp3) is 0.500. The van der Waals surface area contributed by atoms with Gasteiger partial charge in [0.05, 0.1) is 10.6 Å². The topological polar surface area (TPSA) is 32.3 Å². The van der Waals surface area contributed by atoms with Crippen molar-refractivity contribution >= 4 is 17.5 Å². The summed E-state index contributed by atoms with van der Waals surface area (Å²) < 4.78 is 0. The van der Waals surface area contributed by atoms with Crippen LogP contribution in [0.4, 0.5) is 0 Å². The molecule has 18 heavy (non-hydrogen) atoms. The van der Waals surface area contributed by atoms with Crippen molar-refractivity contribution in [3.05, 3.63) is 34.3 Å². The Labute approximate surface area is 113 Å². The summed E-state index contributed by atoms with van der Waals surface area (Å²) >= 11 is 6.14. The van der Waals surface area contributed by atoms with E-state index in [-0.39, 0.29) is 11.9 Å². The predicted molar refractivity (Wildman–Crippen MR) is 74.2 cm³/mol. The van der Waals surface area contributed by atoms with E-state index in [1.54, 1.807) is 0 Å². The van der Waals surface area contributed by atoms with Gasteiger partial charge in [-0.1, -0.05) is 17.7 Å². The molecule has 1 N–H and O–H groups in total. The molecule has 98 valence electrons. The van der Waals surface area contributed by atoms with Gasteiger partial charge in [-0.2, -0.15) is 0 Å². The molecular formula is C14H19ClN2O. The number of hydrogen-bond acceptors (Lipinski definition) is 2. The maximum Gasteiger partial charge on any atom is 0.255 e. The predicted octanol–water partition coefficient (Wildman–Crippen LogP) is 2.47. The lowest BCUT2D eigenvalue weighted by Crippen LogP contribution is -2.46. The summed E-state index contributed by atoms with van der Waals surface area (Å²) in [6.07, 6.45) is 2.17. The highest BCUT2D eigenvalue weighted by atomic mass is 35.5. The standard InChI is InChI=1S/C14H19ClN2O/c1-10-5-6-12(13(15)8-10)14(18)17(2)11-4-3-7-16-9-11/h5-6,8,11,16H,3-4,7,9H2,1-2H3. The Morgan fingerprint density at radius 3 is 2.89 bits per heavy atom. The first-order chi connectivity index (χ1) is 8.59. The minimum Gasteiger partial charge on any atom is -0.337 e. The fourth-order valence-electron chi connectivity index (χ4n) is 2.31. The van der Waals surface area contributed by atoms with Crippen molar-refractivity contribution in [2.24, 2.45) is 0 Å². The van der Waals surface area contributed by atoms with Crippen molar-refractivity contribution in [3.63, 3.8) is 0 Å². The maximum atomic E-state index is 12.4. The van der Waals surface area contributed by atoms with E-state index in [1.807, 2.05) is 37.1 Å². The summed E-state index contributed by atoms with van der Waals surface area (Å²) in [4.78, 5) is 14.2. The van der Waals surface area contributed by atoms with Crippen molar-refractivity contribution in [1.29, 1.82) is 0 Å². The number of amides is 1. The van der Waals surface area contributed by atoms with Crippen molar-refractivity contribution in [2.75, 3.05) is 20.1 Å². The van der Waals surface area contributed by atoms with Gasteiger partial charge in [0.25, 0.3) is 5.91 Å². The molecule has 1 aromatic rings. The molecule has 2 rings (SSSR count). The SMILES string of the molecule is Cc1ccc(C(=O)N(C)C2CCCNC2)c(Cl)c1. The molecule has 1 heterocycles. The second-order valence-corrected chi connectivity index (χ2v) is 5.31. The number of carbonyl (C=O) groups excluding carboxylic acids is 1. The van der Waals surface area contributed by atoms with E-state index in [2.05, 4.69) is 5.32 Å². The van der Waals surface area contributed by atoms with Crippen LogP contribution in [0.2, 0.25) is 5.02 Å². The van der Waals surface area contributed by atoms with E-state index < -0.39 is 0 Å². The average Bonchev–Trinajstić information content (AvgIpc) is 2.38. The van der Waals surface area contributed by atoms with Crippen LogP contribution in [0.5, 0.6) is 0 Å².